The lowest BCUT2D eigenvalue weighted by molar-refractivity contribution is 0.139. The zero-order valence-electron chi connectivity index (χ0n) is 11.2. The number of carbonyl (C=O) groups excluding carboxylic acids is 2. The molecule has 3 amide bonds. The van der Waals surface area contributed by atoms with Gasteiger partial charge in [0.1, 0.15) is 0 Å². The highest BCUT2D eigenvalue weighted by Crippen LogP contribution is 2.10. The molecule has 1 aliphatic rings. The number of amides is 3. The van der Waals surface area contributed by atoms with Gasteiger partial charge in [-0.15, -0.1) is 0 Å². The number of ether oxygens (including phenoxy) is 1. The summed E-state index contributed by atoms with van der Waals surface area (Å²) in [6.45, 7) is 6.24. The van der Waals surface area contributed by atoms with E-state index in [2.05, 4.69) is 10.6 Å². The fraction of sp³-hybridized carbons (Fsp3) is 0.833. The molecule has 0 radical (unpaired) electrons. The Balaban J connectivity index is 2.23. The molecule has 1 heterocycles. The molecule has 2 N–H and O–H groups in total. The Labute approximate surface area is 108 Å². The maximum Gasteiger partial charge on any atom is 0.407 e. The molecule has 0 aliphatic carbocycles. The van der Waals surface area contributed by atoms with E-state index in [1.165, 1.54) is 0 Å². The molecule has 1 saturated heterocycles. The van der Waals surface area contributed by atoms with Gasteiger partial charge in [0.25, 0.3) is 0 Å². The Morgan fingerprint density at radius 2 is 1.94 bits per heavy atom. The topological polar surface area (TPSA) is 70.7 Å². The first-order valence-electron chi connectivity index (χ1n) is 6.63. The summed E-state index contributed by atoms with van der Waals surface area (Å²) >= 11 is 0. The van der Waals surface area contributed by atoms with Gasteiger partial charge in [0.2, 0.25) is 0 Å². The largest absolute Gasteiger partial charge is 0.450 e. The number of nitrogens with zero attached hydrogens (tertiary/aromatic N) is 1. The van der Waals surface area contributed by atoms with Gasteiger partial charge in [-0.3, -0.25) is 0 Å². The van der Waals surface area contributed by atoms with Crippen LogP contribution in [-0.2, 0) is 4.74 Å². The molecule has 0 aromatic carbocycles. The molecule has 6 heteroatoms. The van der Waals surface area contributed by atoms with Crippen LogP contribution in [0.2, 0.25) is 0 Å². The van der Waals surface area contributed by atoms with Gasteiger partial charge in [0.05, 0.1) is 6.61 Å². The van der Waals surface area contributed by atoms with E-state index < -0.39 is 0 Å². The van der Waals surface area contributed by atoms with E-state index in [9.17, 15) is 9.59 Å². The summed E-state index contributed by atoms with van der Waals surface area (Å²) in [6, 6.07) is 0.103. The third kappa shape index (κ3) is 4.81. The van der Waals surface area contributed by atoms with E-state index in [0.29, 0.717) is 26.2 Å². The number of carbonyl (C=O) groups is 2. The van der Waals surface area contributed by atoms with Crippen molar-refractivity contribution in [3.05, 3.63) is 0 Å². The maximum absolute atomic E-state index is 11.7. The third-order valence-electron chi connectivity index (χ3n) is 2.91. The van der Waals surface area contributed by atoms with Crippen molar-refractivity contribution in [3.63, 3.8) is 0 Å². The van der Waals surface area contributed by atoms with Crippen molar-refractivity contribution in [2.45, 2.75) is 39.2 Å². The van der Waals surface area contributed by atoms with Crippen molar-refractivity contribution in [1.29, 1.82) is 0 Å². The molecule has 0 aromatic heterocycles. The van der Waals surface area contributed by atoms with Crippen LogP contribution in [0, 0.1) is 0 Å². The minimum Gasteiger partial charge on any atom is -0.450 e. The first-order chi connectivity index (χ1) is 8.67. The summed E-state index contributed by atoms with van der Waals surface area (Å²) in [7, 11) is 0. The Morgan fingerprint density at radius 1 is 1.28 bits per heavy atom. The number of nitrogens with one attached hydrogen (secondary N) is 2. The van der Waals surface area contributed by atoms with Crippen LogP contribution in [0.5, 0.6) is 0 Å². The van der Waals surface area contributed by atoms with Crippen molar-refractivity contribution in [1.82, 2.24) is 15.5 Å². The van der Waals surface area contributed by atoms with Gasteiger partial charge in [-0.05, 0) is 26.2 Å². The van der Waals surface area contributed by atoms with Gasteiger partial charge in [0.15, 0.2) is 0 Å². The first-order valence-corrected chi connectivity index (χ1v) is 6.63. The van der Waals surface area contributed by atoms with Gasteiger partial charge < -0.3 is 20.3 Å². The van der Waals surface area contributed by atoms with Gasteiger partial charge in [0, 0.05) is 25.7 Å². The van der Waals surface area contributed by atoms with Crippen molar-refractivity contribution >= 4 is 12.1 Å². The maximum atomic E-state index is 11.7. The lowest BCUT2D eigenvalue weighted by Crippen LogP contribution is -2.49. The molecule has 0 atom stereocenters. The van der Waals surface area contributed by atoms with Gasteiger partial charge in [-0.1, -0.05) is 6.92 Å². The highest BCUT2D eigenvalue weighted by molar-refractivity contribution is 5.74. The van der Waals surface area contributed by atoms with E-state index in [-0.39, 0.29) is 18.2 Å². The smallest absolute Gasteiger partial charge is 0.407 e. The van der Waals surface area contributed by atoms with E-state index in [1.54, 1.807) is 11.8 Å². The van der Waals surface area contributed by atoms with Gasteiger partial charge >= 0.3 is 12.1 Å². The third-order valence-corrected chi connectivity index (χ3v) is 2.91. The van der Waals surface area contributed by atoms with Crippen LogP contribution in [0.4, 0.5) is 9.59 Å². The van der Waals surface area contributed by atoms with E-state index in [4.69, 9.17) is 4.74 Å². The molecule has 1 rings (SSSR count). The Kier molecular flexibility index (Phi) is 6.32. The Bertz CT molecular complexity index is 276. The van der Waals surface area contributed by atoms with Crippen molar-refractivity contribution < 1.29 is 14.3 Å². The molecular formula is C12H23N3O3. The summed E-state index contributed by atoms with van der Waals surface area (Å²) in [5.74, 6) is 0. The van der Waals surface area contributed by atoms with E-state index >= 15 is 0 Å². The molecule has 0 bridgehead atoms. The number of likely N-dealkylation sites (tertiary alicyclic amines) is 1. The van der Waals surface area contributed by atoms with E-state index in [1.807, 2.05) is 6.92 Å². The highest BCUT2D eigenvalue weighted by atomic mass is 16.5. The Morgan fingerprint density at radius 3 is 2.50 bits per heavy atom. The predicted octanol–water partition coefficient (Wildman–Crippen LogP) is 1.32. The van der Waals surface area contributed by atoms with Crippen LogP contribution in [0.1, 0.15) is 33.1 Å². The normalized spacial score (nSPS) is 16.2. The number of rotatable bonds is 4. The van der Waals surface area contributed by atoms with Crippen molar-refractivity contribution in [2.75, 3.05) is 26.2 Å². The van der Waals surface area contributed by atoms with Crippen LogP contribution in [0.25, 0.3) is 0 Å². The van der Waals surface area contributed by atoms with Crippen LogP contribution in [-0.4, -0.2) is 49.3 Å². The lowest BCUT2D eigenvalue weighted by Gasteiger charge is -2.32. The second kappa shape index (κ2) is 7.79. The molecular weight excluding hydrogens is 234 g/mol. The minimum absolute atomic E-state index is 0.00793. The van der Waals surface area contributed by atoms with Gasteiger partial charge in [-0.25, -0.2) is 9.59 Å². The average molecular weight is 257 g/mol. The summed E-state index contributed by atoms with van der Waals surface area (Å²) < 4.78 is 4.83. The SMILES string of the molecule is CCCNC(=O)N1CCC(NC(=O)OCC)CC1. The summed E-state index contributed by atoms with van der Waals surface area (Å²) in [5.41, 5.74) is 0. The zero-order valence-corrected chi connectivity index (χ0v) is 11.2. The molecule has 6 nitrogen and oxygen atoms in total. The molecule has 0 unspecified atom stereocenters. The molecule has 18 heavy (non-hydrogen) atoms. The number of alkyl carbamates (subject to hydrolysis) is 1. The van der Waals surface area contributed by atoms with Crippen LogP contribution >= 0.6 is 0 Å². The number of piperidine rings is 1. The molecule has 0 saturated carbocycles. The molecule has 0 spiro atoms. The fourth-order valence-corrected chi connectivity index (χ4v) is 1.91. The standard InChI is InChI=1S/C12H23N3O3/c1-3-7-13-11(16)15-8-5-10(6-9-15)14-12(17)18-4-2/h10H,3-9H2,1-2H3,(H,13,16)(H,14,17). The minimum atomic E-state index is -0.369. The average Bonchev–Trinajstić information content (AvgIpc) is 2.37. The zero-order chi connectivity index (χ0) is 13.4. The number of hydrogen-bond acceptors (Lipinski definition) is 3. The van der Waals surface area contributed by atoms with Crippen molar-refractivity contribution in [3.8, 4) is 0 Å². The van der Waals surface area contributed by atoms with Crippen molar-refractivity contribution in [2.24, 2.45) is 0 Å². The predicted molar refractivity (Wildman–Crippen MR) is 68.4 cm³/mol. The quantitative estimate of drug-likeness (QED) is 0.798. The van der Waals surface area contributed by atoms with Crippen LogP contribution < -0.4 is 10.6 Å². The molecule has 1 aliphatic heterocycles. The fourth-order valence-electron chi connectivity index (χ4n) is 1.91. The monoisotopic (exact) mass is 257 g/mol. The second-order valence-corrected chi connectivity index (χ2v) is 4.36. The van der Waals surface area contributed by atoms with Crippen LogP contribution in [0.15, 0.2) is 0 Å². The number of urea groups is 1. The van der Waals surface area contributed by atoms with Crippen LogP contribution in [0.3, 0.4) is 0 Å². The second-order valence-electron chi connectivity index (χ2n) is 4.36. The lowest BCUT2D eigenvalue weighted by atomic mass is 10.1. The summed E-state index contributed by atoms with van der Waals surface area (Å²) in [5, 5.41) is 5.66. The molecule has 0 aromatic rings. The first kappa shape index (κ1) is 14.6. The number of hydrogen-bond donors (Lipinski definition) is 2. The highest BCUT2D eigenvalue weighted by Gasteiger charge is 2.23. The summed E-state index contributed by atoms with van der Waals surface area (Å²) in [6.07, 6.45) is 2.12. The Hall–Kier alpha value is -1.46. The summed E-state index contributed by atoms with van der Waals surface area (Å²) in [4.78, 5) is 24.7. The van der Waals surface area contributed by atoms with E-state index in [0.717, 1.165) is 19.3 Å². The molecule has 1 fully saturated rings. The van der Waals surface area contributed by atoms with Gasteiger partial charge in [-0.2, -0.15) is 0 Å². The molecule has 104 valence electrons.